The van der Waals surface area contributed by atoms with E-state index >= 15 is 0 Å². The van der Waals surface area contributed by atoms with E-state index in [0.29, 0.717) is 17.8 Å². The molecule has 0 amide bonds. The molecule has 2 aromatic rings. The van der Waals surface area contributed by atoms with Crippen LogP contribution >= 0.6 is 0 Å². The van der Waals surface area contributed by atoms with Crippen LogP contribution in [0.15, 0.2) is 36.5 Å². The standard InChI is InChI=1S/C15H15F3N2/c1-2-7-19-15(14-6-4-11(16)9-20-14)10-3-5-12(17)13(18)8-10/h3-6,8-9,15,19H,2,7H2,1H3. The number of hydrogen-bond acceptors (Lipinski definition) is 2. The lowest BCUT2D eigenvalue weighted by Crippen LogP contribution is -2.24. The minimum Gasteiger partial charge on any atom is -0.305 e. The van der Waals surface area contributed by atoms with Crippen LogP contribution in [0.4, 0.5) is 13.2 Å². The average Bonchev–Trinajstić information content (AvgIpc) is 2.45. The molecule has 1 aromatic heterocycles. The second kappa shape index (κ2) is 6.52. The fraction of sp³-hybridized carbons (Fsp3) is 0.267. The summed E-state index contributed by atoms with van der Waals surface area (Å²) in [6.45, 7) is 2.68. The average molecular weight is 280 g/mol. The van der Waals surface area contributed by atoms with Crippen LogP contribution in [0, 0.1) is 17.5 Å². The van der Waals surface area contributed by atoms with Gasteiger partial charge in [0.15, 0.2) is 11.6 Å². The van der Waals surface area contributed by atoms with Crippen molar-refractivity contribution in [2.45, 2.75) is 19.4 Å². The monoisotopic (exact) mass is 280 g/mol. The summed E-state index contributed by atoms with van der Waals surface area (Å²) in [7, 11) is 0. The Morgan fingerprint density at radius 2 is 1.90 bits per heavy atom. The largest absolute Gasteiger partial charge is 0.305 e. The lowest BCUT2D eigenvalue weighted by molar-refractivity contribution is 0.502. The number of benzene rings is 1. The van der Waals surface area contributed by atoms with Crippen molar-refractivity contribution in [3.63, 3.8) is 0 Å². The molecule has 106 valence electrons. The van der Waals surface area contributed by atoms with Crippen molar-refractivity contribution in [3.05, 3.63) is 65.2 Å². The maximum atomic E-state index is 13.4. The number of nitrogens with zero attached hydrogens (tertiary/aromatic N) is 1. The predicted molar refractivity (Wildman–Crippen MR) is 70.7 cm³/mol. The Hall–Kier alpha value is -1.88. The Labute approximate surface area is 115 Å². The molecule has 5 heteroatoms. The first-order valence-corrected chi connectivity index (χ1v) is 6.41. The number of pyridine rings is 1. The van der Waals surface area contributed by atoms with E-state index in [0.717, 1.165) is 24.8 Å². The van der Waals surface area contributed by atoms with Crippen molar-refractivity contribution >= 4 is 0 Å². The molecule has 1 N–H and O–H groups in total. The van der Waals surface area contributed by atoms with Crippen LogP contribution in [0.5, 0.6) is 0 Å². The highest BCUT2D eigenvalue weighted by Gasteiger charge is 2.16. The van der Waals surface area contributed by atoms with Gasteiger partial charge in [0, 0.05) is 0 Å². The third-order valence-electron chi connectivity index (χ3n) is 2.92. The molecule has 0 aliphatic heterocycles. The molecular formula is C15H15F3N2. The van der Waals surface area contributed by atoms with Gasteiger partial charge < -0.3 is 5.32 Å². The first-order valence-electron chi connectivity index (χ1n) is 6.41. The molecule has 0 aliphatic carbocycles. The molecule has 1 unspecified atom stereocenters. The summed E-state index contributed by atoms with van der Waals surface area (Å²) >= 11 is 0. The highest BCUT2D eigenvalue weighted by atomic mass is 19.2. The second-order valence-corrected chi connectivity index (χ2v) is 4.46. The molecule has 0 fully saturated rings. The number of hydrogen-bond donors (Lipinski definition) is 1. The van der Waals surface area contributed by atoms with Gasteiger partial charge in [-0.25, -0.2) is 13.2 Å². The van der Waals surface area contributed by atoms with Crippen molar-refractivity contribution in [2.24, 2.45) is 0 Å². The maximum absolute atomic E-state index is 13.4. The van der Waals surface area contributed by atoms with Gasteiger partial charge in [0.05, 0.1) is 17.9 Å². The minimum absolute atomic E-state index is 0.398. The summed E-state index contributed by atoms with van der Waals surface area (Å²) in [5, 5.41) is 3.19. The maximum Gasteiger partial charge on any atom is 0.159 e. The van der Waals surface area contributed by atoms with Gasteiger partial charge in [-0.15, -0.1) is 0 Å². The predicted octanol–water partition coefficient (Wildman–Crippen LogP) is 3.59. The molecule has 1 aromatic carbocycles. The molecule has 0 bridgehead atoms. The van der Waals surface area contributed by atoms with Crippen LogP contribution < -0.4 is 5.32 Å². The highest BCUT2D eigenvalue weighted by molar-refractivity contribution is 5.28. The number of halogens is 3. The zero-order valence-corrected chi connectivity index (χ0v) is 11.0. The van der Waals surface area contributed by atoms with E-state index in [-0.39, 0.29) is 0 Å². The summed E-state index contributed by atoms with van der Waals surface area (Å²) < 4.78 is 39.3. The van der Waals surface area contributed by atoms with Crippen molar-refractivity contribution < 1.29 is 13.2 Å². The molecule has 1 atom stereocenters. The third-order valence-corrected chi connectivity index (χ3v) is 2.92. The lowest BCUT2D eigenvalue weighted by Gasteiger charge is -2.18. The molecule has 1 heterocycles. The molecule has 20 heavy (non-hydrogen) atoms. The number of nitrogens with one attached hydrogen (secondary N) is 1. The highest BCUT2D eigenvalue weighted by Crippen LogP contribution is 2.22. The van der Waals surface area contributed by atoms with E-state index in [9.17, 15) is 13.2 Å². The zero-order valence-electron chi connectivity index (χ0n) is 11.0. The van der Waals surface area contributed by atoms with Gasteiger partial charge in [-0.1, -0.05) is 13.0 Å². The van der Waals surface area contributed by atoms with Crippen LogP contribution in [0.2, 0.25) is 0 Å². The third kappa shape index (κ3) is 3.36. The summed E-state index contributed by atoms with van der Waals surface area (Å²) in [6, 6.07) is 6.14. The summed E-state index contributed by atoms with van der Waals surface area (Å²) in [4.78, 5) is 4.01. The number of aromatic nitrogens is 1. The van der Waals surface area contributed by atoms with E-state index in [1.54, 1.807) is 0 Å². The van der Waals surface area contributed by atoms with E-state index in [1.165, 1.54) is 18.2 Å². The molecule has 0 saturated carbocycles. The fourth-order valence-electron chi connectivity index (χ4n) is 1.93. The Balaban J connectivity index is 2.35. The quantitative estimate of drug-likeness (QED) is 0.905. The van der Waals surface area contributed by atoms with Crippen LogP contribution in [-0.2, 0) is 0 Å². The van der Waals surface area contributed by atoms with Gasteiger partial charge in [-0.2, -0.15) is 0 Å². The van der Waals surface area contributed by atoms with Crippen LogP contribution in [-0.4, -0.2) is 11.5 Å². The van der Waals surface area contributed by atoms with Gasteiger partial charge in [0.25, 0.3) is 0 Å². The molecule has 0 aliphatic rings. The fourth-order valence-corrected chi connectivity index (χ4v) is 1.93. The topological polar surface area (TPSA) is 24.9 Å². The molecule has 0 saturated heterocycles. The molecule has 2 rings (SSSR count). The molecule has 0 radical (unpaired) electrons. The van der Waals surface area contributed by atoms with Crippen LogP contribution in [0.3, 0.4) is 0 Å². The summed E-state index contributed by atoms with van der Waals surface area (Å²) in [5.41, 5.74) is 1.11. The normalized spacial score (nSPS) is 12.4. The van der Waals surface area contributed by atoms with E-state index in [4.69, 9.17) is 0 Å². The Bertz CT molecular complexity index is 570. The first-order chi connectivity index (χ1) is 9.61. The van der Waals surface area contributed by atoms with Crippen LogP contribution in [0.1, 0.15) is 30.6 Å². The van der Waals surface area contributed by atoms with Crippen molar-refractivity contribution in [1.82, 2.24) is 10.3 Å². The minimum atomic E-state index is -0.909. The Morgan fingerprint density at radius 1 is 1.10 bits per heavy atom. The summed E-state index contributed by atoms with van der Waals surface area (Å²) in [5.74, 6) is -2.24. The van der Waals surface area contributed by atoms with Crippen molar-refractivity contribution in [2.75, 3.05) is 6.54 Å². The van der Waals surface area contributed by atoms with Gasteiger partial charge in [0.1, 0.15) is 5.82 Å². The Kier molecular flexibility index (Phi) is 4.74. The smallest absolute Gasteiger partial charge is 0.159 e. The van der Waals surface area contributed by atoms with E-state index < -0.39 is 23.5 Å². The van der Waals surface area contributed by atoms with Gasteiger partial charge in [-0.05, 0) is 42.8 Å². The van der Waals surface area contributed by atoms with Crippen LogP contribution in [0.25, 0.3) is 0 Å². The zero-order chi connectivity index (χ0) is 14.5. The van der Waals surface area contributed by atoms with Gasteiger partial charge in [-0.3, -0.25) is 4.98 Å². The Morgan fingerprint density at radius 3 is 2.50 bits per heavy atom. The second-order valence-electron chi connectivity index (χ2n) is 4.46. The molecular weight excluding hydrogens is 265 g/mol. The van der Waals surface area contributed by atoms with E-state index in [1.807, 2.05) is 6.92 Å². The first kappa shape index (κ1) is 14.5. The molecule has 2 nitrogen and oxygen atoms in total. The van der Waals surface area contributed by atoms with Gasteiger partial charge >= 0.3 is 0 Å². The molecule has 0 spiro atoms. The lowest BCUT2D eigenvalue weighted by atomic mass is 10.0. The van der Waals surface area contributed by atoms with Crippen molar-refractivity contribution in [3.8, 4) is 0 Å². The number of rotatable bonds is 5. The van der Waals surface area contributed by atoms with Crippen molar-refractivity contribution in [1.29, 1.82) is 0 Å². The summed E-state index contributed by atoms with van der Waals surface area (Å²) in [6.07, 6.45) is 1.98. The van der Waals surface area contributed by atoms with Gasteiger partial charge in [0.2, 0.25) is 0 Å². The SMILES string of the molecule is CCCNC(c1ccc(F)c(F)c1)c1ccc(F)cn1. The van der Waals surface area contributed by atoms with E-state index in [2.05, 4.69) is 10.3 Å².